The molecule has 0 spiro atoms. The number of nitrogens with zero attached hydrogens (tertiary/aromatic N) is 1. The number of nitrogen functional groups attached to an aromatic ring is 1. The van der Waals surface area contributed by atoms with Gasteiger partial charge in [-0.2, -0.15) is 0 Å². The molecule has 48 valence electrons. The molecule has 1 rings (SSSR count). The van der Waals surface area contributed by atoms with Crippen LogP contribution in [0.2, 0.25) is 0 Å². The molecular formula is C5H4BrIN2. The topological polar surface area (TPSA) is 38.9 Å². The summed E-state index contributed by atoms with van der Waals surface area (Å²) in [5.74, 6) is 0. The highest BCUT2D eigenvalue weighted by atomic mass is 127. The molecule has 0 atom stereocenters. The fraction of sp³-hybridized carbons (Fsp3) is 0. The summed E-state index contributed by atoms with van der Waals surface area (Å²) in [6.45, 7) is 0. The highest BCUT2D eigenvalue weighted by Crippen LogP contribution is 2.20. The van der Waals surface area contributed by atoms with Gasteiger partial charge in [0.15, 0.2) is 0 Å². The van der Waals surface area contributed by atoms with Crippen LogP contribution in [0.3, 0.4) is 0 Å². The van der Waals surface area contributed by atoms with E-state index >= 15 is 0 Å². The molecule has 0 radical (unpaired) electrons. The van der Waals surface area contributed by atoms with Crippen molar-refractivity contribution < 1.29 is 0 Å². The molecule has 0 aliphatic heterocycles. The van der Waals surface area contributed by atoms with E-state index in [1.54, 1.807) is 12.3 Å². The predicted molar refractivity (Wildman–Crippen MR) is 49.1 cm³/mol. The van der Waals surface area contributed by atoms with Gasteiger partial charge in [0.05, 0.1) is 3.57 Å². The summed E-state index contributed by atoms with van der Waals surface area (Å²) in [6.07, 6.45) is 1.67. The highest BCUT2D eigenvalue weighted by Gasteiger charge is 1.98. The molecule has 2 N–H and O–H groups in total. The summed E-state index contributed by atoms with van der Waals surface area (Å²) in [4.78, 5) is 3.97. The molecule has 1 aromatic heterocycles. The van der Waals surface area contributed by atoms with Crippen LogP contribution in [0.1, 0.15) is 0 Å². The van der Waals surface area contributed by atoms with Crippen LogP contribution in [-0.2, 0) is 0 Å². The van der Waals surface area contributed by atoms with Crippen molar-refractivity contribution in [3.05, 3.63) is 20.4 Å². The Morgan fingerprint density at radius 2 is 2.33 bits per heavy atom. The first-order chi connectivity index (χ1) is 4.22. The number of anilines is 1. The summed E-state index contributed by atoms with van der Waals surface area (Å²) in [5, 5.41) is 0. The number of hydrogen-bond donors (Lipinski definition) is 1. The van der Waals surface area contributed by atoms with Crippen molar-refractivity contribution in [2.75, 3.05) is 5.73 Å². The van der Waals surface area contributed by atoms with Crippen LogP contribution < -0.4 is 5.73 Å². The van der Waals surface area contributed by atoms with Gasteiger partial charge in [-0.1, -0.05) is 0 Å². The number of hydrogen-bond acceptors (Lipinski definition) is 2. The van der Waals surface area contributed by atoms with E-state index in [0.717, 1.165) is 13.9 Å². The fourth-order valence-electron chi connectivity index (χ4n) is 0.432. The van der Waals surface area contributed by atoms with Gasteiger partial charge in [-0.25, -0.2) is 4.98 Å². The number of rotatable bonds is 0. The van der Waals surface area contributed by atoms with E-state index in [1.807, 2.05) is 0 Å². The lowest BCUT2D eigenvalue weighted by Gasteiger charge is -1.96. The van der Waals surface area contributed by atoms with Gasteiger partial charge >= 0.3 is 0 Å². The molecule has 9 heavy (non-hydrogen) atoms. The second kappa shape index (κ2) is 2.83. The molecule has 0 saturated heterocycles. The Kier molecular flexibility index (Phi) is 2.29. The van der Waals surface area contributed by atoms with Gasteiger partial charge in [0.2, 0.25) is 0 Å². The van der Waals surface area contributed by atoms with E-state index in [0.29, 0.717) is 0 Å². The third-order valence-corrected chi connectivity index (χ3v) is 3.35. The van der Waals surface area contributed by atoms with Gasteiger partial charge in [-0.05, 0) is 44.6 Å². The third kappa shape index (κ3) is 1.54. The predicted octanol–water partition coefficient (Wildman–Crippen LogP) is 2.03. The second-order valence-corrected chi connectivity index (χ2v) is 3.33. The average molecular weight is 299 g/mol. The molecule has 0 aliphatic rings. The van der Waals surface area contributed by atoms with Crippen molar-refractivity contribution >= 4 is 44.2 Å². The average Bonchev–Trinajstić information content (AvgIpc) is 1.83. The van der Waals surface area contributed by atoms with Crippen molar-refractivity contribution in [1.29, 1.82) is 0 Å². The van der Waals surface area contributed by atoms with E-state index in [4.69, 9.17) is 5.73 Å². The van der Waals surface area contributed by atoms with Crippen molar-refractivity contribution in [3.8, 4) is 0 Å². The molecule has 1 aromatic rings. The molecule has 0 aromatic carbocycles. The molecular weight excluding hydrogens is 295 g/mol. The van der Waals surface area contributed by atoms with Gasteiger partial charge in [0.25, 0.3) is 0 Å². The Balaban J connectivity index is 3.25. The zero-order valence-corrected chi connectivity index (χ0v) is 8.18. The molecule has 1 heterocycles. The van der Waals surface area contributed by atoms with Crippen LogP contribution in [0.15, 0.2) is 16.9 Å². The zero-order chi connectivity index (χ0) is 6.85. The number of aromatic nitrogens is 1. The highest BCUT2D eigenvalue weighted by molar-refractivity contribution is 14.1. The number of nitrogens with two attached hydrogens (primary N) is 1. The van der Waals surface area contributed by atoms with E-state index in [9.17, 15) is 0 Å². The molecule has 0 aliphatic carbocycles. The molecule has 2 nitrogen and oxygen atoms in total. The second-order valence-electron chi connectivity index (χ2n) is 1.50. The first-order valence-electron chi connectivity index (χ1n) is 2.27. The minimum atomic E-state index is 0.762. The lowest BCUT2D eigenvalue weighted by molar-refractivity contribution is 1.26. The van der Waals surface area contributed by atoms with E-state index < -0.39 is 0 Å². The fourth-order valence-corrected chi connectivity index (χ4v) is 1.10. The van der Waals surface area contributed by atoms with Crippen LogP contribution in [0.25, 0.3) is 0 Å². The summed E-state index contributed by atoms with van der Waals surface area (Å²) in [6, 6.07) is 1.77. The Bertz CT molecular complexity index is 206. The lowest BCUT2D eigenvalue weighted by atomic mass is 10.4. The minimum Gasteiger partial charge on any atom is -0.398 e. The van der Waals surface area contributed by atoms with Gasteiger partial charge in [0.1, 0.15) is 4.60 Å². The lowest BCUT2D eigenvalue weighted by Crippen LogP contribution is -1.90. The Labute approximate surface area is 75.1 Å². The smallest absolute Gasteiger partial charge is 0.121 e. The molecule has 0 saturated carbocycles. The van der Waals surface area contributed by atoms with Crippen LogP contribution in [0.5, 0.6) is 0 Å². The summed E-state index contributed by atoms with van der Waals surface area (Å²) in [7, 11) is 0. The summed E-state index contributed by atoms with van der Waals surface area (Å²) < 4.78 is 1.78. The Morgan fingerprint density at radius 3 is 2.78 bits per heavy atom. The quantitative estimate of drug-likeness (QED) is 0.588. The van der Waals surface area contributed by atoms with E-state index in [2.05, 4.69) is 43.5 Å². The Morgan fingerprint density at radius 1 is 1.67 bits per heavy atom. The monoisotopic (exact) mass is 298 g/mol. The van der Waals surface area contributed by atoms with Crippen molar-refractivity contribution in [2.45, 2.75) is 0 Å². The van der Waals surface area contributed by atoms with Crippen LogP contribution in [0.4, 0.5) is 5.69 Å². The van der Waals surface area contributed by atoms with E-state index in [-0.39, 0.29) is 0 Å². The zero-order valence-electron chi connectivity index (χ0n) is 4.44. The molecule has 0 unspecified atom stereocenters. The van der Waals surface area contributed by atoms with Crippen LogP contribution in [0, 0.1) is 3.57 Å². The normalized spacial score (nSPS) is 9.56. The van der Waals surface area contributed by atoms with Gasteiger partial charge in [0, 0.05) is 11.9 Å². The van der Waals surface area contributed by atoms with Gasteiger partial charge in [-0.15, -0.1) is 0 Å². The number of halogens is 2. The van der Waals surface area contributed by atoms with Crippen molar-refractivity contribution in [1.82, 2.24) is 4.98 Å². The maximum atomic E-state index is 5.54. The Hall–Kier alpha value is 0.160. The SMILES string of the molecule is Nc1ccnc(Br)c1I. The summed E-state index contributed by atoms with van der Waals surface area (Å²) in [5.41, 5.74) is 6.30. The molecule has 4 heteroatoms. The maximum Gasteiger partial charge on any atom is 0.121 e. The largest absolute Gasteiger partial charge is 0.398 e. The first-order valence-corrected chi connectivity index (χ1v) is 4.14. The van der Waals surface area contributed by atoms with E-state index in [1.165, 1.54) is 0 Å². The summed E-state index contributed by atoms with van der Waals surface area (Å²) >= 11 is 5.38. The third-order valence-electron chi connectivity index (χ3n) is 0.877. The molecule has 0 amide bonds. The first kappa shape index (κ1) is 7.27. The van der Waals surface area contributed by atoms with Crippen molar-refractivity contribution in [2.24, 2.45) is 0 Å². The number of pyridine rings is 1. The van der Waals surface area contributed by atoms with Crippen molar-refractivity contribution in [3.63, 3.8) is 0 Å². The van der Waals surface area contributed by atoms with Crippen LogP contribution >= 0.6 is 38.5 Å². The molecule has 0 bridgehead atoms. The minimum absolute atomic E-state index is 0.762. The maximum absolute atomic E-state index is 5.54. The van der Waals surface area contributed by atoms with Gasteiger partial charge in [-0.3, -0.25) is 0 Å². The van der Waals surface area contributed by atoms with Gasteiger partial charge < -0.3 is 5.73 Å². The van der Waals surface area contributed by atoms with Crippen LogP contribution in [-0.4, -0.2) is 4.98 Å². The standard InChI is InChI=1S/C5H4BrIN2/c6-5-4(7)3(8)1-2-9-5/h1-2H,(H2,8,9). The molecule has 0 fully saturated rings.